The molecule has 0 saturated heterocycles. The summed E-state index contributed by atoms with van der Waals surface area (Å²) in [5.74, 6) is 0.765. The Morgan fingerprint density at radius 3 is 3.12 bits per heavy atom. The van der Waals surface area contributed by atoms with Gasteiger partial charge in [-0.25, -0.2) is 9.78 Å². The van der Waals surface area contributed by atoms with Crippen LogP contribution in [-0.2, 0) is 4.74 Å². The van der Waals surface area contributed by atoms with Gasteiger partial charge in [0.1, 0.15) is 5.82 Å². The van der Waals surface area contributed by atoms with Crippen molar-refractivity contribution in [1.82, 2.24) is 9.97 Å². The fourth-order valence-electron chi connectivity index (χ4n) is 2.75. The molecule has 0 fully saturated rings. The van der Waals surface area contributed by atoms with Gasteiger partial charge in [-0.05, 0) is 37.5 Å². The number of methoxy groups -OCH3 is 1. The van der Waals surface area contributed by atoms with Crippen LogP contribution in [0.1, 0.15) is 31.1 Å². The summed E-state index contributed by atoms with van der Waals surface area (Å²) in [5, 5.41) is 6.13. The average Bonchev–Trinajstić information content (AvgIpc) is 3.10. The highest BCUT2D eigenvalue weighted by atomic mass is 16.5. The summed E-state index contributed by atoms with van der Waals surface area (Å²) in [4.78, 5) is 19.2. The maximum absolute atomic E-state index is 11.4. The van der Waals surface area contributed by atoms with Crippen LogP contribution in [-0.4, -0.2) is 29.7 Å². The first-order valence-electron chi connectivity index (χ1n) is 8.36. The number of carbonyl (C=O) groups excluding carboxylic acids is 1. The Labute approximate surface area is 146 Å². The van der Waals surface area contributed by atoms with E-state index in [0.29, 0.717) is 5.69 Å². The maximum atomic E-state index is 11.4. The van der Waals surface area contributed by atoms with Crippen LogP contribution >= 0.6 is 0 Å². The van der Waals surface area contributed by atoms with Gasteiger partial charge in [0.05, 0.1) is 25.0 Å². The molecule has 25 heavy (non-hydrogen) atoms. The molecule has 0 saturated carbocycles. The van der Waals surface area contributed by atoms with E-state index in [4.69, 9.17) is 5.73 Å². The zero-order chi connectivity index (χ0) is 17.6. The molecule has 1 aromatic carbocycles. The molecule has 0 radical (unpaired) electrons. The normalized spacial score (nSPS) is 18.6. The van der Waals surface area contributed by atoms with Gasteiger partial charge in [0, 0.05) is 23.5 Å². The highest BCUT2D eigenvalue weighted by molar-refractivity contribution is 5.87. The number of nitrogens with two attached hydrogens (primary N) is 1. The highest BCUT2D eigenvalue weighted by Crippen LogP contribution is 2.31. The van der Waals surface area contributed by atoms with Gasteiger partial charge in [-0.3, -0.25) is 5.32 Å². The van der Waals surface area contributed by atoms with Crippen molar-refractivity contribution in [3.05, 3.63) is 42.4 Å². The van der Waals surface area contributed by atoms with Crippen molar-refractivity contribution in [3.63, 3.8) is 0 Å². The van der Waals surface area contributed by atoms with Gasteiger partial charge in [0.2, 0.25) is 0 Å². The molecule has 0 aliphatic carbocycles. The number of hydrogen-bond acceptors (Lipinski definition) is 5. The number of carbonyl (C=O) groups is 1. The van der Waals surface area contributed by atoms with Gasteiger partial charge in [0.15, 0.2) is 0 Å². The second-order valence-electron chi connectivity index (χ2n) is 5.94. The lowest BCUT2D eigenvalue weighted by Gasteiger charge is -2.13. The van der Waals surface area contributed by atoms with Gasteiger partial charge in [-0.1, -0.05) is 12.2 Å². The number of ether oxygens (including phenoxy) is 1. The molecule has 1 atom stereocenters. The van der Waals surface area contributed by atoms with Crippen LogP contribution in [0.15, 0.2) is 36.5 Å². The van der Waals surface area contributed by atoms with E-state index in [0.717, 1.165) is 48.6 Å². The van der Waals surface area contributed by atoms with Crippen LogP contribution in [0.4, 0.5) is 16.2 Å². The van der Waals surface area contributed by atoms with Crippen molar-refractivity contribution in [2.24, 2.45) is 5.73 Å². The van der Waals surface area contributed by atoms with E-state index < -0.39 is 6.09 Å². The monoisotopic (exact) mass is 341 g/mol. The minimum atomic E-state index is -0.496. The minimum absolute atomic E-state index is 0.151. The number of anilines is 2. The number of hydrogen-bond donors (Lipinski definition) is 4. The number of nitrogens with zero attached hydrogens (tertiary/aromatic N) is 1. The first-order valence-corrected chi connectivity index (χ1v) is 8.36. The molecule has 7 nitrogen and oxygen atoms in total. The number of aromatic amines is 1. The second-order valence-corrected chi connectivity index (χ2v) is 5.94. The molecule has 1 amide bonds. The first kappa shape index (κ1) is 17.0. The molecule has 1 aliphatic rings. The molecule has 3 rings (SSSR count). The SMILES string of the molecule is COC(=O)Nc1ccc2c(c1)NCCC/C=C/C[C@H](N)c1ncc-2[nH]1. The Bertz CT molecular complexity index is 769. The van der Waals surface area contributed by atoms with Crippen molar-refractivity contribution >= 4 is 17.5 Å². The molecular formula is C18H23N5O2. The fourth-order valence-corrected chi connectivity index (χ4v) is 2.75. The van der Waals surface area contributed by atoms with Gasteiger partial charge in [-0.2, -0.15) is 0 Å². The van der Waals surface area contributed by atoms with Crippen LogP contribution in [0.3, 0.4) is 0 Å². The van der Waals surface area contributed by atoms with Crippen molar-refractivity contribution in [2.75, 3.05) is 24.3 Å². The van der Waals surface area contributed by atoms with Gasteiger partial charge >= 0.3 is 6.09 Å². The average molecular weight is 341 g/mol. The van der Waals surface area contributed by atoms with E-state index in [1.807, 2.05) is 18.2 Å². The fraction of sp³-hybridized carbons (Fsp3) is 0.333. The molecule has 0 spiro atoms. The summed E-state index contributed by atoms with van der Waals surface area (Å²) in [6, 6.07) is 5.51. The molecule has 5 N–H and O–H groups in total. The van der Waals surface area contributed by atoms with Crippen LogP contribution in [0.25, 0.3) is 11.3 Å². The lowest BCUT2D eigenvalue weighted by atomic mass is 10.1. The molecule has 132 valence electrons. The lowest BCUT2D eigenvalue weighted by molar-refractivity contribution is 0.187. The third kappa shape index (κ3) is 4.19. The summed E-state index contributed by atoms with van der Waals surface area (Å²) < 4.78 is 4.65. The predicted octanol–water partition coefficient (Wildman–Crippen LogP) is 3.41. The quantitative estimate of drug-likeness (QED) is 0.595. The summed E-state index contributed by atoms with van der Waals surface area (Å²) >= 11 is 0. The zero-order valence-corrected chi connectivity index (χ0v) is 14.2. The van der Waals surface area contributed by atoms with Crippen LogP contribution in [0, 0.1) is 0 Å². The number of rotatable bonds is 1. The van der Waals surface area contributed by atoms with Crippen LogP contribution < -0.4 is 16.4 Å². The Kier molecular flexibility index (Phi) is 5.35. The van der Waals surface area contributed by atoms with E-state index >= 15 is 0 Å². The molecule has 2 aromatic rings. The number of nitrogens with one attached hydrogen (secondary N) is 3. The smallest absolute Gasteiger partial charge is 0.411 e. The standard InChI is InChI=1S/C18H23N5O2/c1-25-18(24)22-12-7-8-13-15(10-12)20-9-5-3-2-4-6-14(19)17-21-11-16(13)23-17/h2,4,7-8,10-11,14,20H,3,5-6,9,19H2,1H3,(H,21,23)(H,22,24)/b4-2+/t14-/m0/s1. The number of amides is 1. The minimum Gasteiger partial charge on any atom is -0.453 e. The first-order chi connectivity index (χ1) is 12.2. The molecule has 0 unspecified atom stereocenters. The molecule has 1 aliphatic heterocycles. The van der Waals surface area contributed by atoms with Crippen molar-refractivity contribution in [2.45, 2.75) is 25.3 Å². The number of benzene rings is 1. The maximum Gasteiger partial charge on any atom is 0.411 e. The largest absolute Gasteiger partial charge is 0.453 e. The Hall–Kier alpha value is -2.80. The van der Waals surface area contributed by atoms with Crippen molar-refractivity contribution < 1.29 is 9.53 Å². The third-order valence-electron chi connectivity index (χ3n) is 4.11. The van der Waals surface area contributed by atoms with Crippen molar-refractivity contribution in [3.8, 4) is 11.3 Å². The predicted molar refractivity (Wildman–Crippen MR) is 98.5 cm³/mol. The topological polar surface area (TPSA) is 105 Å². The van der Waals surface area contributed by atoms with Gasteiger partial charge in [0.25, 0.3) is 0 Å². The molecule has 1 aromatic heterocycles. The van der Waals surface area contributed by atoms with Gasteiger partial charge < -0.3 is 20.8 Å². The van der Waals surface area contributed by atoms with E-state index in [-0.39, 0.29) is 6.04 Å². The number of allylic oxidation sites excluding steroid dienone is 1. The van der Waals surface area contributed by atoms with E-state index in [1.54, 1.807) is 6.20 Å². The van der Waals surface area contributed by atoms with Crippen LogP contribution in [0.2, 0.25) is 0 Å². The number of aromatic nitrogens is 2. The molecular weight excluding hydrogens is 318 g/mol. The lowest BCUT2D eigenvalue weighted by Crippen LogP contribution is -2.11. The molecule has 2 bridgehead atoms. The van der Waals surface area contributed by atoms with E-state index in [9.17, 15) is 4.79 Å². The summed E-state index contributed by atoms with van der Waals surface area (Å²) in [5.41, 5.74) is 9.65. The summed E-state index contributed by atoms with van der Waals surface area (Å²) in [6.45, 7) is 0.825. The van der Waals surface area contributed by atoms with E-state index in [1.165, 1.54) is 7.11 Å². The third-order valence-corrected chi connectivity index (χ3v) is 4.11. The number of H-pyrrole nitrogens is 1. The molecule has 2 heterocycles. The Morgan fingerprint density at radius 1 is 1.40 bits per heavy atom. The summed E-state index contributed by atoms with van der Waals surface area (Å²) in [6.07, 6.45) is 8.30. The van der Waals surface area contributed by atoms with Gasteiger partial charge in [-0.15, -0.1) is 0 Å². The summed E-state index contributed by atoms with van der Waals surface area (Å²) in [7, 11) is 1.34. The second kappa shape index (κ2) is 7.85. The number of imidazole rings is 1. The van der Waals surface area contributed by atoms with Crippen LogP contribution in [0.5, 0.6) is 0 Å². The van der Waals surface area contributed by atoms with Crippen molar-refractivity contribution in [1.29, 1.82) is 0 Å². The molecule has 7 heteroatoms. The Balaban J connectivity index is 1.95. The zero-order valence-electron chi connectivity index (χ0n) is 14.2. The van der Waals surface area contributed by atoms with E-state index in [2.05, 4.69) is 37.5 Å². The number of fused-ring (bicyclic) bond motifs is 4. The highest BCUT2D eigenvalue weighted by Gasteiger charge is 2.14. The Morgan fingerprint density at radius 2 is 2.28 bits per heavy atom.